The zero-order valence-corrected chi connectivity index (χ0v) is 17.7. The van der Waals surface area contributed by atoms with Gasteiger partial charge in [0.15, 0.2) is 5.96 Å². The Kier molecular flexibility index (Phi) is 9.22. The molecule has 1 N–H and O–H groups in total. The second-order valence-electron chi connectivity index (χ2n) is 7.98. The molecule has 1 aromatic rings. The summed E-state index contributed by atoms with van der Waals surface area (Å²) >= 11 is 0. The zero-order valence-electron chi connectivity index (χ0n) is 17.7. The molecule has 2 aliphatic heterocycles. The van der Waals surface area contributed by atoms with Gasteiger partial charge in [0.05, 0.1) is 18.8 Å². The SMILES string of the molecule is CCNC(=NCCCc1cccc(F)c1)N1CCC(OCC2CCCCO2)CC1. The molecule has 1 unspecified atom stereocenters. The molecule has 0 spiro atoms. The van der Waals surface area contributed by atoms with Crippen LogP contribution < -0.4 is 5.32 Å². The molecule has 29 heavy (non-hydrogen) atoms. The number of benzene rings is 1. The fraction of sp³-hybridized carbons (Fsp3) is 0.696. The minimum Gasteiger partial charge on any atom is -0.376 e. The molecule has 2 saturated heterocycles. The Bertz CT molecular complexity index is 626. The van der Waals surface area contributed by atoms with E-state index in [2.05, 4.69) is 17.1 Å². The van der Waals surface area contributed by atoms with E-state index in [-0.39, 0.29) is 5.82 Å². The Balaban J connectivity index is 1.39. The Morgan fingerprint density at radius 2 is 2.14 bits per heavy atom. The van der Waals surface area contributed by atoms with E-state index in [1.807, 2.05) is 6.07 Å². The number of nitrogens with one attached hydrogen (secondary N) is 1. The van der Waals surface area contributed by atoms with Gasteiger partial charge in [0, 0.05) is 32.8 Å². The van der Waals surface area contributed by atoms with Gasteiger partial charge in [-0.2, -0.15) is 0 Å². The molecule has 0 saturated carbocycles. The highest BCUT2D eigenvalue weighted by molar-refractivity contribution is 5.80. The van der Waals surface area contributed by atoms with Crippen LogP contribution in [0.3, 0.4) is 0 Å². The number of aliphatic imine (C=N–C) groups is 1. The first kappa shape index (κ1) is 22.0. The van der Waals surface area contributed by atoms with Crippen LogP contribution in [-0.4, -0.2) is 62.5 Å². The van der Waals surface area contributed by atoms with Gasteiger partial charge in [0.2, 0.25) is 0 Å². The van der Waals surface area contributed by atoms with E-state index in [0.717, 1.165) is 83.0 Å². The number of ether oxygens (including phenoxy) is 2. The van der Waals surface area contributed by atoms with Gasteiger partial charge in [-0.1, -0.05) is 12.1 Å². The van der Waals surface area contributed by atoms with Gasteiger partial charge in [0.25, 0.3) is 0 Å². The van der Waals surface area contributed by atoms with Crippen molar-refractivity contribution in [2.45, 2.75) is 64.1 Å². The van der Waals surface area contributed by atoms with Crippen molar-refractivity contribution in [3.63, 3.8) is 0 Å². The van der Waals surface area contributed by atoms with Gasteiger partial charge in [-0.3, -0.25) is 4.99 Å². The summed E-state index contributed by atoms with van der Waals surface area (Å²) in [7, 11) is 0. The normalized spacial score (nSPS) is 21.4. The van der Waals surface area contributed by atoms with E-state index >= 15 is 0 Å². The lowest BCUT2D eigenvalue weighted by atomic mass is 10.1. The predicted octanol–water partition coefficient (Wildman–Crippen LogP) is 3.77. The van der Waals surface area contributed by atoms with E-state index in [9.17, 15) is 4.39 Å². The number of aryl methyl sites for hydroxylation is 1. The molecule has 0 aliphatic carbocycles. The average Bonchev–Trinajstić information content (AvgIpc) is 2.76. The van der Waals surface area contributed by atoms with Crippen LogP contribution in [0, 0.1) is 5.82 Å². The van der Waals surface area contributed by atoms with Gasteiger partial charge >= 0.3 is 0 Å². The Labute approximate surface area is 174 Å². The molecule has 0 radical (unpaired) electrons. The number of nitrogens with zero attached hydrogens (tertiary/aromatic N) is 2. The Hall–Kier alpha value is -1.66. The smallest absolute Gasteiger partial charge is 0.193 e. The first-order valence-electron chi connectivity index (χ1n) is 11.3. The Morgan fingerprint density at radius 1 is 1.28 bits per heavy atom. The molecule has 1 atom stereocenters. The molecule has 1 aromatic carbocycles. The first-order chi connectivity index (χ1) is 14.2. The molecule has 0 bridgehead atoms. The highest BCUT2D eigenvalue weighted by Crippen LogP contribution is 2.18. The maximum atomic E-state index is 13.3. The zero-order chi connectivity index (χ0) is 20.3. The van der Waals surface area contributed by atoms with Crippen LogP contribution in [0.4, 0.5) is 4.39 Å². The summed E-state index contributed by atoms with van der Waals surface area (Å²) in [6.07, 6.45) is 8.01. The lowest BCUT2D eigenvalue weighted by molar-refractivity contribution is -0.0721. The van der Waals surface area contributed by atoms with Crippen molar-refractivity contribution in [3.8, 4) is 0 Å². The average molecular weight is 406 g/mol. The van der Waals surface area contributed by atoms with E-state index in [1.54, 1.807) is 12.1 Å². The molecular formula is C23H36FN3O2. The number of piperidine rings is 1. The van der Waals surface area contributed by atoms with Crippen LogP contribution in [0.25, 0.3) is 0 Å². The van der Waals surface area contributed by atoms with Gasteiger partial charge < -0.3 is 19.7 Å². The fourth-order valence-corrected chi connectivity index (χ4v) is 4.00. The predicted molar refractivity (Wildman–Crippen MR) is 115 cm³/mol. The second kappa shape index (κ2) is 12.1. The fourth-order valence-electron chi connectivity index (χ4n) is 4.00. The van der Waals surface area contributed by atoms with Gasteiger partial charge in [0.1, 0.15) is 5.82 Å². The molecule has 3 rings (SSSR count). The van der Waals surface area contributed by atoms with Crippen molar-refractivity contribution < 1.29 is 13.9 Å². The summed E-state index contributed by atoms with van der Waals surface area (Å²) in [6, 6.07) is 6.84. The maximum Gasteiger partial charge on any atom is 0.193 e. The summed E-state index contributed by atoms with van der Waals surface area (Å²) in [4.78, 5) is 7.13. The van der Waals surface area contributed by atoms with Gasteiger partial charge in [-0.15, -0.1) is 0 Å². The third-order valence-corrected chi connectivity index (χ3v) is 5.64. The van der Waals surface area contributed by atoms with E-state index in [4.69, 9.17) is 14.5 Å². The van der Waals surface area contributed by atoms with Gasteiger partial charge in [-0.25, -0.2) is 4.39 Å². The Morgan fingerprint density at radius 3 is 2.86 bits per heavy atom. The van der Waals surface area contributed by atoms with Gasteiger partial charge in [-0.05, 0) is 69.6 Å². The van der Waals surface area contributed by atoms with E-state index in [1.165, 1.54) is 18.9 Å². The molecule has 2 heterocycles. The molecule has 2 aliphatic rings. The van der Waals surface area contributed by atoms with Crippen LogP contribution in [0.2, 0.25) is 0 Å². The van der Waals surface area contributed by atoms with Crippen LogP contribution in [-0.2, 0) is 15.9 Å². The monoisotopic (exact) mass is 405 g/mol. The highest BCUT2D eigenvalue weighted by atomic mass is 19.1. The minimum atomic E-state index is -0.167. The minimum absolute atomic E-state index is 0.167. The summed E-state index contributed by atoms with van der Waals surface area (Å²) in [5, 5.41) is 3.41. The van der Waals surface area contributed by atoms with Crippen molar-refractivity contribution in [1.29, 1.82) is 0 Å². The topological polar surface area (TPSA) is 46.1 Å². The number of halogens is 1. The molecule has 6 heteroatoms. The number of likely N-dealkylation sites (tertiary alicyclic amines) is 1. The van der Waals surface area contributed by atoms with Crippen molar-refractivity contribution in [3.05, 3.63) is 35.6 Å². The lowest BCUT2D eigenvalue weighted by Crippen LogP contribution is -2.47. The summed E-state index contributed by atoms with van der Waals surface area (Å²) in [5.74, 6) is 0.820. The summed E-state index contributed by atoms with van der Waals surface area (Å²) in [6.45, 7) is 7.25. The summed E-state index contributed by atoms with van der Waals surface area (Å²) < 4.78 is 25.2. The third kappa shape index (κ3) is 7.59. The number of rotatable bonds is 8. The maximum absolute atomic E-state index is 13.3. The number of hydrogen-bond donors (Lipinski definition) is 1. The van der Waals surface area contributed by atoms with Crippen LogP contribution in [0.1, 0.15) is 51.0 Å². The number of hydrogen-bond acceptors (Lipinski definition) is 3. The standard InChI is InChI=1S/C23H36FN3O2/c1-2-25-23(26-13-6-8-19-7-5-9-20(24)17-19)27-14-11-21(12-15-27)29-18-22-10-3-4-16-28-22/h5,7,9,17,21-22H,2-4,6,8,10-16,18H2,1H3,(H,25,26). The highest BCUT2D eigenvalue weighted by Gasteiger charge is 2.23. The summed E-state index contributed by atoms with van der Waals surface area (Å²) in [5.41, 5.74) is 1.03. The molecule has 162 valence electrons. The lowest BCUT2D eigenvalue weighted by Gasteiger charge is -2.35. The van der Waals surface area contributed by atoms with Crippen molar-refractivity contribution in [2.24, 2.45) is 4.99 Å². The second-order valence-corrected chi connectivity index (χ2v) is 7.98. The van der Waals surface area contributed by atoms with Crippen molar-refractivity contribution in [1.82, 2.24) is 10.2 Å². The van der Waals surface area contributed by atoms with Crippen LogP contribution >= 0.6 is 0 Å². The molecule has 0 aromatic heterocycles. The van der Waals surface area contributed by atoms with E-state index < -0.39 is 0 Å². The third-order valence-electron chi connectivity index (χ3n) is 5.64. The quantitative estimate of drug-likeness (QED) is 0.406. The molecule has 0 amide bonds. The first-order valence-corrected chi connectivity index (χ1v) is 11.3. The largest absolute Gasteiger partial charge is 0.376 e. The molecule has 2 fully saturated rings. The molecular weight excluding hydrogens is 369 g/mol. The van der Waals surface area contributed by atoms with Crippen molar-refractivity contribution >= 4 is 5.96 Å². The molecule has 5 nitrogen and oxygen atoms in total. The van der Waals surface area contributed by atoms with Crippen molar-refractivity contribution in [2.75, 3.05) is 39.4 Å². The van der Waals surface area contributed by atoms with Crippen LogP contribution in [0.15, 0.2) is 29.3 Å². The van der Waals surface area contributed by atoms with Crippen LogP contribution in [0.5, 0.6) is 0 Å². The number of guanidine groups is 1. The van der Waals surface area contributed by atoms with E-state index in [0.29, 0.717) is 12.2 Å².